The van der Waals surface area contributed by atoms with Crippen molar-refractivity contribution in [2.24, 2.45) is 5.73 Å². The van der Waals surface area contributed by atoms with Crippen LogP contribution in [0.25, 0.3) is 0 Å². The Labute approximate surface area is 65.0 Å². The van der Waals surface area contributed by atoms with Crippen LogP contribution >= 0.6 is 0 Å². The molecule has 0 aromatic carbocycles. The summed E-state index contributed by atoms with van der Waals surface area (Å²) >= 11 is 0. The lowest BCUT2D eigenvalue weighted by Crippen LogP contribution is -2.08. The van der Waals surface area contributed by atoms with Gasteiger partial charge in [0.2, 0.25) is 0 Å². The fourth-order valence-corrected chi connectivity index (χ4v) is 0.700. The smallest absolute Gasteiger partial charge is 0.176 e. The second-order valence-corrected chi connectivity index (χ2v) is 2.18. The number of aromatic amines is 1. The van der Waals surface area contributed by atoms with Gasteiger partial charge in [-0.3, -0.25) is 5.10 Å². The van der Waals surface area contributed by atoms with E-state index in [1.165, 1.54) is 0 Å². The van der Waals surface area contributed by atoms with Gasteiger partial charge in [-0.15, -0.1) is 0 Å². The molecule has 0 aliphatic heterocycles. The second kappa shape index (κ2) is 4.05. The first-order valence-electron chi connectivity index (χ1n) is 3.48. The van der Waals surface area contributed by atoms with Crippen LogP contribution < -0.4 is 5.73 Å². The van der Waals surface area contributed by atoms with Crippen LogP contribution in [0.3, 0.4) is 0 Å². The highest BCUT2D eigenvalue weighted by Gasteiger charge is 1.97. The number of ether oxygens (including phenoxy) is 1. The first kappa shape index (κ1) is 8.16. The number of nitrogens with one attached hydrogen (secondary N) is 1. The van der Waals surface area contributed by atoms with Crippen molar-refractivity contribution < 1.29 is 4.74 Å². The molecule has 1 aromatic heterocycles. The van der Waals surface area contributed by atoms with Gasteiger partial charge in [0.15, 0.2) is 5.82 Å². The molecule has 0 radical (unpaired) electrons. The summed E-state index contributed by atoms with van der Waals surface area (Å²) in [7, 11) is 0. The largest absolute Gasteiger partial charge is 0.372 e. The third-order valence-corrected chi connectivity index (χ3v) is 1.14. The lowest BCUT2D eigenvalue weighted by atomic mass is 10.6. The SMILES string of the molecule is Cc1nc(COCCN)n[nH]1. The highest BCUT2D eigenvalue weighted by Crippen LogP contribution is 1.92. The van der Waals surface area contributed by atoms with Crippen LogP contribution in [0.1, 0.15) is 11.6 Å². The molecule has 5 nitrogen and oxygen atoms in total. The number of aromatic nitrogens is 3. The zero-order valence-electron chi connectivity index (χ0n) is 6.50. The van der Waals surface area contributed by atoms with Gasteiger partial charge in [0.1, 0.15) is 12.4 Å². The zero-order chi connectivity index (χ0) is 8.10. The molecule has 0 aliphatic carbocycles. The normalized spacial score (nSPS) is 10.4. The minimum absolute atomic E-state index is 0.432. The van der Waals surface area contributed by atoms with Crippen LogP contribution in [0.2, 0.25) is 0 Å². The molecule has 0 aliphatic rings. The maximum absolute atomic E-state index is 5.22. The van der Waals surface area contributed by atoms with Crippen LogP contribution in [0, 0.1) is 6.92 Å². The number of nitrogens with zero attached hydrogens (tertiary/aromatic N) is 2. The lowest BCUT2D eigenvalue weighted by Gasteiger charge is -1.95. The van der Waals surface area contributed by atoms with Crippen molar-refractivity contribution in [1.82, 2.24) is 15.2 Å². The molecule has 1 aromatic rings. The van der Waals surface area contributed by atoms with Crippen molar-refractivity contribution in [2.75, 3.05) is 13.2 Å². The van der Waals surface area contributed by atoms with Crippen molar-refractivity contribution >= 4 is 0 Å². The summed E-state index contributed by atoms with van der Waals surface area (Å²) in [5, 5.41) is 6.61. The van der Waals surface area contributed by atoms with Gasteiger partial charge in [-0.25, -0.2) is 4.98 Å². The number of aryl methyl sites for hydroxylation is 1. The Morgan fingerprint density at radius 3 is 3.00 bits per heavy atom. The van der Waals surface area contributed by atoms with E-state index in [1.54, 1.807) is 0 Å². The van der Waals surface area contributed by atoms with Gasteiger partial charge < -0.3 is 10.5 Å². The van der Waals surface area contributed by atoms with Crippen molar-refractivity contribution in [3.8, 4) is 0 Å². The van der Waals surface area contributed by atoms with Crippen molar-refractivity contribution in [3.05, 3.63) is 11.6 Å². The Bertz CT molecular complexity index is 210. The molecule has 0 fully saturated rings. The Kier molecular flexibility index (Phi) is 3.00. The predicted molar refractivity (Wildman–Crippen MR) is 39.8 cm³/mol. The first-order valence-corrected chi connectivity index (χ1v) is 3.48. The number of nitrogens with two attached hydrogens (primary N) is 1. The molecule has 5 heteroatoms. The Balaban J connectivity index is 2.27. The summed E-state index contributed by atoms with van der Waals surface area (Å²) in [5.41, 5.74) is 5.22. The molecule has 0 saturated carbocycles. The average Bonchev–Trinajstić information content (AvgIpc) is 2.37. The molecule has 0 spiro atoms. The predicted octanol–water partition coefficient (Wildman–Crippen LogP) is -0.412. The second-order valence-electron chi connectivity index (χ2n) is 2.18. The summed E-state index contributed by atoms with van der Waals surface area (Å²) in [5.74, 6) is 1.48. The van der Waals surface area contributed by atoms with Crippen LogP contribution in [0.5, 0.6) is 0 Å². The number of rotatable bonds is 4. The Hall–Kier alpha value is -0.940. The van der Waals surface area contributed by atoms with Crippen molar-refractivity contribution in [2.45, 2.75) is 13.5 Å². The van der Waals surface area contributed by atoms with Gasteiger partial charge in [0.25, 0.3) is 0 Å². The van der Waals surface area contributed by atoms with Crippen molar-refractivity contribution in [3.63, 3.8) is 0 Å². The Morgan fingerprint density at radius 2 is 2.45 bits per heavy atom. The van der Waals surface area contributed by atoms with E-state index in [-0.39, 0.29) is 0 Å². The number of H-pyrrole nitrogens is 1. The molecule has 0 unspecified atom stereocenters. The fourth-order valence-electron chi connectivity index (χ4n) is 0.700. The highest BCUT2D eigenvalue weighted by atomic mass is 16.5. The van der Waals surface area contributed by atoms with Gasteiger partial charge in [0.05, 0.1) is 6.61 Å². The summed E-state index contributed by atoms with van der Waals surface area (Å²) in [6.45, 7) is 3.36. The molecule has 11 heavy (non-hydrogen) atoms. The molecule has 62 valence electrons. The van der Waals surface area contributed by atoms with Gasteiger partial charge in [-0.05, 0) is 6.92 Å². The summed E-state index contributed by atoms with van der Waals surface area (Å²) in [4.78, 5) is 4.05. The van der Waals surface area contributed by atoms with E-state index in [9.17, 15) is 0 Å². The molecule has 0 atom stereocenters. The molecule has 1 rings (SSSR count). The maximum atomic E-state index is 5.22. The summed E-state index contributed by atoms with van der Waals surface area (Å²) < 4.78 is 5.11. The summed E-state index contributed by atoms with van der Waals surface area (Å²) in [6.07, 6.45) is 0. The lowest BCUT2D eigenvalue weighted by molar-refractivity contribution is 0.123. The molecule has 0 amide bonds. The van der Waals surface area contributed by atoms with Crippen LogP contribution in [0.4, 0.5) is 0 Å². The quantitative estimate of drug-likeness (QED) is 0.581. The standard InChI is InChI=1S/C6H12N4O/c1-5-8-6(10-9-5)4-11-3-2-7/h2-4,7H2,1H3,(H,8,9,10). The molecule has 3 N–H and O–H groups in total. The molecular formula is C6H12N4O. The molecule has 0 saturated heterocycles. The molecular weight excluding hydrogens is 144 g/mol. The van der Waals surface area contributed by atoms with Crippen LogP contribution in [-0.4, -0.2) is 28.3 Å². The van der Waals surface area contributed by atoms with Gasteiger partial charge in [-0.2, -0.15) is 5.10 Å². The molecule has 1 heterocycles. The third-order valence-electron chi connectivity index (χ3n) is 1.14. The van der Waals surface area contributed by atoms with Crippen LogP contribution in [-0.2, 0) is 11.3 Å². The monoisotopic (exact) mass is 156 g/mol. The topological polar surface area (TPSA) is 76.8 Å². The maximum Gasteiger partial charge on any atom is 0.176 e. The van der Waals surface area contributed by atoms with Crippen LogP contribution in [0.15, 0.2) is 0 Å². The van der Waals surface area contributed by atoms with Gasteiger partial charge in [-0.1, -0.05) is 0 Å². The number of hydrogen-bond acceptors (Lipinski definition) is 4. The van der Waals surface area contributed by atoms with E-state index in [1.807, 2.05) is 6.92 Å². The average molecular weight is 156 g/mol. The first-order chi connectivity index (χ1) is 5.33. The summed E-state index contributed by atoms with van der Waals surface area (Å²) in [6, 6.07) is 0. The van der Waals surface area contributed by atoms with Crippen molar-refractivity contribution in [1.29, 1.82) is 0 Å². The zero-order valence-corrected chi connectivity index (χ0v) is 6.50. The van der Waals surface area contributed by atoms with E-state index in [4.69, 9.17) is 10.5 Å². The fraction of sp³-hybridized carbons (Fsp3) is 0.667. The van der Waals surface area contributed by atoms with E-state index >= 15 is 0 Å². The molecule has 0 bridgehead atoms. The van der Waals surface area contributed by atoms with E-state index in [0.29, 0.717) is 25.6 Å². The third kappa shape index (κ3) is 2.65. The minimum Gasteiger partial charge on any atom is -0.372 e. The van der Waals surface area contributed by atoms with Gasteiger partial charge in [0, 0.05) is 6.54 Å². The Morgan fingerprint density at radius 1 is 1.64 bits per heavy atom. The highest BCUT2D eigenvalue weighted by molar-refractivity contribution is 4.84. The van der Waals surface area contributed by atoms with E-state index in [0.717, 1.165) is 5.82 Å². The van der Waals surface area contributed by atoms with E-state index in [2.05, 4.69) is 15.2 Å². The van der Waals surface area contributed by atoms with E-state index < -0.39 is 0 Å². The van der Waals surface area contributed by atoms with Gasteiger partial charge >= 0.3 is 0 Å². The number of hydrogen-bond donors (Lipinski definition) is 2. The minimum atomic E-state index is 0.432.